The topological polar surface area (TPSA) is 130 Å². The smallest absolute Gasteiger partial charge is 0.329 e. The van der Waals surface area contributed by atoms with E-state index < -0.39 is 11.5 Å². The molecule has 7 rings (SSSR count). The minimum atomic E-state index is -1.11. The number of hydrogen-bond donors (Lipinski definition) is 4. The number of nitrogens with one attached hydrogen (secondary N) is 2. The minimum absolute atomic E-state index is 0.110. The fraction of sp³-hybridized carbons (Fsp3) is 0.479. The number of aliphatic carboxylic acids is 1. The summed E-state index contributed by atoms with van der Waals surface area (Å²) in [5.74, 6) is 1.78. The predicted octanol–water partition coefficient (Wildman–Crippen LogP) is 9.08. The number of aliphatic hydroxyl groups excluding tert-OH is 1. The van der Waals surface area contributed by atoms with E-state index in [-0.39, 0.29) is 29.9 Å². The third-order valence-corrected chi connectivity index (χ3v) is 13.2. The van der Waals surface area contributed by atoms with Gasteiger partial charge in [-0.1, -0.05) is 67.9 Å². The lowest BCUT2D eigenvalue weighted by molar-refractivity contribution is -0.144. The fourth-order valence-corrected chi connectivity index (χ4v) is 10.1. The molecule has 3 aliphatic carbocycles. The number of amides is 1. The summed E-state index contributed by atoms with van der Waals surface area (Å²) in [5, 5.41) is 27.5. The van der Waals surface area contributed by atoms with E-state index in [0.717, 1.165) is 49.2 Å². The van der Waals surface area contributed by atoms with Crippen LogP contribution >= 0.6 is 11.6 Å². The number of anilines is 1. The van der Waals surface area contributed by atoms with Gasteiger partial charge in [-0.25, -0.2) is 4.79 Å². The van der Waals surface area contributed by atoms with Crippen molar-refractivity contribution in [1.29, 1.82) is 0 Å². The van der Waals surface area contributed by atoms with Gasteiger partial charge in [0.1, 0.15) is 17.0 Å². The molecule has 0 aliphatic heterocycles. The number of aryl methyl sites for hydroxylation is 1. The zero-order valence-electron chi connectivity index (χ0n) is 33.9. The second-order valence-electron chi connectivity index (χ2n) is 17.1. The van der Waals surface area contributed by atoms with Crippen molar-refractivity contribution in [2.24, 2.45) is 11.8 Å². The molecule has 3 aromatic carbocycles. The minimum Gasteiger partial charge on any atom is -0.494 e. The monoisotopic (exact) mass is 807 g/mol. The summed E-state index contributed by atoms with van der Waals surface area (Å²) >= 11 is 6.30. The van der Waals surface area contributed by atoms with Crippen molar-refractivity contribution in [3.63, 3.8) is 0 Å². The Morgan fingerprint density at radius 3 is 2.57 bits per heavy atom. The first-order chi connectivity index (χ1) is 28.1. The Kier molecular flexibility index (Phi) is 13.3. The lowest BCUT2D eigenvalue weighted by atomic mass is 9.59. The van der Waals surface area contributed by atoms with Crippen LogP contribution in [0.15, 0.2) is 85.1 Å². The molecule has 1 fully saturated rings. The Bertz CT molecular complexity index is 2030. The van der Waals surface area contributed by atoms with Gasteiger partial charge in [0, 0.05) is 34.6 Å². The first-order valence-corrected chi connectivity index (χ1v) is 21.5. The van der Waals surface area contributed by atoms with E-state index in [0.29, 0.717) is 80.7 Å². The van der Waals surface area contributed by atoms with Gasteiger partial charge in [-0.2, -0.15) is 0 Å². The van der Waals surface area contributed by atoms with Crippen LogP contribution in [-0.4, -0.2) is 58.5 Å². The number of carboxylic acid groups (broad SMARTS) is 1. The van der Waals surface area contributed by atoms with Gasteiger partial charge in [0.15, 0.2) is 0 Å². The Morgan fingerprint density at radius 2 is 1.81 bits per heavy atom. The summed E-state index contributed by atoms with van der Waals surface area (Å²) in [5.41, 5.74) is 5.42. The fourth-order valence-electron chi connectivity index (χ4n) is 9.95. The normalized spacial score (nSPS) is 23.3. The highest BCUT2D eigenvalue weighted by atomic mass is 35.5. The van der Waals surface area contributed by atoms with Crippen LogP contribution in [0, 0.1) is 11.8 Å². The molecule has 1 aromatic heterocycles. The van der Waals surface area contributed by atoms with E-state index in [4.69, 9.17) is 21.1 Å². The lowest BCUT2D eigenvalue weighted by Crippen LogP contribution is -2.53. The first-order valence-electron chi connectivity index (χ1n) is 21.2. The summed E-state index contributed by atoms with van der Waals surface area (Å²) in [6.07, 6.45) is 10.8. The number of nitrogens with zero attached hydrogens (tertiary/aromatic N) is 1. The van der Waals surface area contributed by atoms with Gasteiger partial charge in [-0.15, -0.1) is 0 Å². The molecule has 0 unspecified atom stereocenters. The van der Waals surface area contributed by atoms with E-state index in [2.05, 4.69) is 41.6 Å². The van der Waals surface area contributed by atoms with Crippen LogP contribution in [0.25, 0.3) is 0 Å². The summed E-state index contributed by atoms with van der Waals surface area (Å²) in [6.45, 7) is 5.40. The Morgan fingerprint density at radius 1 is 1.00 bits per heavy atom. The molecule has 0 bridgehead atoms. The number of carbonyl (C=O) groups excluding carboxylic acids is 1. The Hall–Kier alpha value is -4.60. The number of pyridine rings is 1. The van der Waals surface area contributed by atoms with Gasteiger partial charge in [0.25, 0.3) is 0 Å². The second-order valence-corrected chi connectivity index (χ2v) is 17.5. The molecule has 4 atom stereocenters. The number of carboxylic acids is 1. The van der Waals surface area contributed by atoms with Crippen molar-refractivity contribution in [2.75, 3.05) is 25.1 Å². The first kappa shape index (κ1) is 41.6. The van der Waals surface area contributed by atoms with Crippen LogP contribution in [-0.2, 0) is 34.3 Å². The number of ether oxygens (including phenoxy) is 2. The van der Waals surface area contributed by atoms with Gasteiger partial charge < -0.3 is 30.3 Å². The van der Waals surface area contributed by atoms with E-state index in [1.54, 1.807) is 12.1 Å². The average Bonchev–Trinajstić information content (AvgIpc) is 3.50. The van der Waals surface area contributed by atoms with Gasteiger partial charge in [0.2, 0.25) is 5.91 Å². The zero-order chi connectivity index (χ0) is 40.7. The highest BCUT2D eigenvalue weighted by Crippen LogP contribution is 2.57. The molecule has 308 valence electrons. The lowest BCUT2D eigenvalue weighted by Gasteiger charge is -2.47. The predicted molar refractivity (Wildman–Crippen MR) is 228 cm³/mol. The largest absolute Gasteiger partial charge is 0.494 e. The molecule has 3 aliphatic rings. The van der Waals surface area contributed by atoms with Crippen molar-refractivity contribution < 1.29 is 29.3 Å². The van der Waals surface area contributed by atoms with E-state index in [9.17, 15) is 19.8 Å². The van der Waals surface area contributed by atoms with Gasteiger partial charge in [-0.05, 0) is 147 Å². The summed E-state index contributed by atoms with van der Waals surface area (Å²) in [4.78, 5) is 30.5. The molecule has 1 spiro atoms. The zero-order valence-corrected chi connectivity index (χ0v) is 34.6. The molecule has 1 heterocycles. The number of aromatic nitrogens is 1. The standard InChI is InChI=1S/C48H58ClN3O6/c1-32(31-58-43-18-23-50-42-14-6-9-33(2)45(42)43)25-36-27-35-16-17-40(57-24-8-15-44(54)51-39(30-53)26-34-10-4-3-5-11-34)29-41(35)47(36)19-21-48(22-20-47,46(55)56)52-38-13-7-12-37(49)28-38/h3-5,7,10-13,16-18,23,28-29,32-33,36,39,52-53H,6,8-9,14-15,19-22,24-27,30-31H2,1-2H3,(H,51,54)(H,55,56)/t32-,33-,36+,39-,47?,48?/m1/s1. The SMILES string of the molecule is C[C@@H](COc1ccnc2c1[C@H](C)CCC2)C[C@H]1Cc2ccc(OCCCC(=O)N[C@@H](CO)Cc3ccccc3)cc2C12CCC(Nc1cccc(Cl)c1)(C(=O)O)CC2. The maximum Gasteiger partial charge on any atom is 0.329 e. The molecule has 4 aromatic rings. The summed E-state index contributed by atoms with van der Waals surface area (Å²) < 4.78 is 12.9. The molecule has 10 heteroatoms. The van der Waals surface area contributed by atoms with Crippen LogP contribution in [0.5, 0.6) is 11.5 Å². The maximum atomic E-state index is 13.0. The molecule has 1 amide bonds. The van der Waals surface area contributed by atoms with Crippen LogP contribution < -0.4 is 20.1 Å². The number of benzene rings is 3. The van der Waals surface area contributed by atoms with Crippen molar-refractivity contribution >= 4 is 29.2 Å². The average molecular weight is 808 g/mol. The van der Waals surface area contributed by atoms with Crippen LogP contribution in [0.4, 0.5) is 5.69 Å². The third kappa shape index (κ3) is 9.47. The van der Waals surface area contributed by atoms with Crippen molar-refractivity contribution in [3.05, 3.63) is 118 Å². The third-order valence-electron chi connectivity index (χ3n) is 13.0. The Balaban J connectivity index is 1.04. The molecule has 4 N–H and O–H groups in total. The van der Waals surface area contributed by atoms with Crippen LogP contribution in [0.3, 0.4) is 0 Å². The van der Waals surface area contributed by atoms with Crippen LogP contribution in [0.1, 0.15) is 106 Å². The van der Waals surface area contributed by atoms with Gasteiger partial charge in [0.05, 0.1) is 25.9 Å². The number of carbonyl (C=O) groups is 2. The van der Waals surface area contributed by atoms with E-state index in [1.165, 1.54) is 22.4 Å². The quantitative estimate of drug-likeness (QED) is 0.0778. The highest BCUT2D eigenvalue weighted by Gasteiger charge is 2.54. The van der Waals surface area contributed by atoms with Gasteiger partial charge in [-0.3, -0.25) is 9.78 Å². The van der Waals surface area contributed by atoms with Crippen molar-refractivity contribution in [3.8, 4) is 11.5 Å². The number of hydrogen-bond acceptors (Lipinski definition) is 7. The molecule has 1 saturated carbocycles. The summed E-state index contributed by atoms with van der Waals surface area (Å²) in [7, 11) is 0. The molecule has 0 saturated heterocycles. The van der Waals surface area contributed by atoms with Gasteiger partial charge >= 0.3 is 5.97 Å². The molecule has 58 heavy (non-hydrogen) atoms. The van der Waals surface area contributed by atoms with Crippen molar-refractivity contribution in [1.82, 2.24) is 10.3 Å². The Labute approximate surface area is 347 Å². The molecular formula is C48H58ClN3O6. The highest BCUT2D eigenvalue weighted by molar-refractivity contribution is 6.30. The maximum absolute atomic E-state index is 13.0. The van der Waals surface area contributed by atoms with Crippen molar-refractivity contribution in [2.45, 2.75) is 114 Å². The molecule has 0 radical (unpaired) electrons. The number of fused-ring (bicyclic) bond motifs is 3. The number of rotatable bonds is 17. The van der Waals surface area contributed by atoms with Crippen LogP contribution in [0.2, 0.25) is 5.02 Å². The molecule has 9 nitrogen and oxygen atoms in total. The second kappa shape index (κ2) is 18.5. The van der Waals surface area contributed by atoms with E-state index >= 15 is 0 Å². The summed E-state index contributed by atoms with van der Waals surface area (Å²) in [6, 6.07) is 25.2. The number of halogens is 1. The molecular weight excluding hydrogens is 750 g/mol. The van der Waals surface area contributed by atoms with E-state index in [1.807, 2.05) is 60.8 Å². The number of aliphatic hydroxyl groups is 1.